The zero-order valence-electron chi connectivity index (χ0n) is 15.3. The van der Waals surface area contributed by atoms with Gasteiger partial charge in [0.2, 0.25) is 5.91 Å². The molecule has 1 aromatic heterocycles. The molecule has 3 N–H and O–H groups in total. The number of hydrogen-bond acceptors (Lipinski definition) is 5. The Morgan fingerprint density at radius 2 is 1.79 bits per heavy atom. The number of hydrazine groups is 1. The summed E-state index contributed by atoms with van der Waals surface area (Å²) in [7, 11) is 0. The summed E-state index contributed by atoms with van der Waals surface area (Å²) in [4.78, 5) is 37.9. The fourth-order valence-corrected chi connectivity index (χ4v) is 3.12. The summed E-state index contributed by atoms with van der Waals surface area (Å²) in [6.07, 6.45) is -0.678. The first kappa shape index (κ1) is 20.2. The molecular formula is C21H17ClN3O4-. The highest BCUT2D eigenvalue weighted by molar-refractivity contribution is 6.31. The van der Waals surface area contributed by atoms with E-state index >= 15 is 0 Å². The third-order valence-electron chi connectivity index (χ3n) is 4.25. The Morgan fingerprint density at radius 3 is 2.48 bits per heavy atom. The van der Waals surface area contributed by atoms with Crippen LogP contribution in [0.2, 0.25) is 5.02 Å². The number of halogens is 1. The van der Waals surface area contributed by atoms with Crippen molar-refractivity contribution in [3.8, 4) is 11.1 Å². The second-order valence-corrected chi connectivity index (χ2v) is 6.72. The van der Waals surface area contributed by atoms with E-state index in [1.165, 1.54) is 0 Å². The number of carbonyl (C=O) groups excluding carboxylic acids is 2. The first-order chi connectivity index (χ1) is 13.9. The average Bonchev–Trinajstić information content (AvgIpc) is 2.70. The van der Waals surface area contributed by atoms with Crippen LogP contribution in [-0.2, 0) is 9.59 Å². The highest BCUT2D eigenvalue weighted by atomic mass is 35.5. The van der Waals surface area contributed by atoms with E-state index in [2.05, 4.69) is 22.4 Å². The molecule has 0 bridgehead atoms. The Morgan fingerprint density at radius 1 is 1.07 bits per heavy atom. The smallest absolute Gasteiger partial charge is 0.258 e. The summed E-state index contributed by atoms with van der Waals surface area (Å²) in [5.74, 6) is -1.90. The lowest BCUT2D eigenvalue weighted by Gasteiger charge is -2.17. The number of carboxylic acids is 1. The van der Waals surface area contributed by atoms with Gasteiger partial charge in [0.15, 0.2) is 0 Å². The van der Waals surface area contributed by atoms with Crippen LogP contribution in [0.1, 0.15) is 18.4 Å². The molecule has 7 nitrogen and oxygen atoms in total. The number of hydrogen-bond donors (Lipinski definition) is 3. The first-order valence-corrected chi connectivity index (χ1v) is 9.09. The Balaban J connectivity index is 2.04. The summed E-state index contributed by atoms with van der Waals surface area (Å²) < 4.78 is 0. The number of fused-ring (bicyclic) bond motifs is 1. The Bertz CT molecular complexity index is 1160. The zero-order chi connectivity index (χ0) is 21.0. The predicted octanol–water partition coefficient (Wildman–Crippen LogP) is 1.97. The number of aromatic amines is 1. The lowest BCUT2D eigenvalue weighted by Crippen LogP contribution is -2.38. The van der Waals surface area contributed by atoms with E-state index in [1.807, 2.05) is 30.3 Å². The van der Waals surface area contributed by atoms with Gasteiger partial charge < -0.3 is 14.9 Å². The highest BCUT2D eigenvalue weighted by Crippen LogP contribution is 2.33. The number of benzene rings is 2. The van der Waals surface area contributed by atoms with Crippen LogP contribution in [0.25, 0.3) is 27.7 Å². The van der Waals surface area contributed by atoms with E-state index in [9.17, 15) is 19.5 Å². The molecule has 1 heterocycles. The monoisotopic (exact) mass is 410 g/mol. The summed E-state index contributed by atoms with van der Waals surface area (Å²) in [5.41, 5.74) is 6.89. The molecule has 0 saturated carbocycles. The van der Waals surface area contributed by atoms with E-state index in [4.69, 9.17) is 11.6 Å². The Kier molecular flexibility index (Phi) is 5.99. The van der Waals surface area contributed by atoms with Crippen molar-refractivity contribution in [3.05, 3.63) is 76.0 Å². The quantitative estimate of drug-likeness (QED) is 0.515. The van der Waals surface area contributed by atoms with Gasteiger partial charge in [-0.05, 0) is 30.2 Å². The molecule has 1 amide bonds. The average molecular weight is 411 g/mol. The number of nitrogens with one attached hydrogen (secondary N) is 3. The molecule has 0 spiro atoms. The third kappa shape index (κ3) is 4.64. The fraction of sp³-hybridized carbons (Fsp3) is 0.0952. The molecule has 0 fully saturated rings. The lowest BCUT2D eigenvalue weighted by molar-refractivity contribution is -0.305. The molecule has 0 aliphatic carbocycles. The molecule has 3 aromatic rings. The summed E-state index contributed by atoms with van der Waals surface area (Å²) >= 11 is 6.17. The maximum absolute atomic E-state index is 12.8. The molecule has 0 saturated heterocycles. The van der Waals surface area contributed by atoms with Crippen molar-refractivity contribution in [2.24, 2.45) is 0 Å². The summed E-state index contributed by atoms with van der Waals surface area (Å²) in [5, 5.41) is 11.7. The molecule has 0 atom stereocenters. The maximum Gasteiger partial charge on any atom is 0.258 e. The van der Waals surface area contributed by atoms with Crippen LogP contribution in [0.3, 0.4) is 0 Å². The highest BCUT2D eigenvalue weighted by Gasteiger charge is 2.17. The number of rotatable bonds is 7. The normalized spacial score (nSPS) is 10.5. The molecule has 2 aromatic carbocycles. The van der Waals surface area contributed by atoms with Gasteiger partial charge in [0, 0.05) is 33.9 Å². The minimum atomic E-state index is -1.33. The topological polar surface area (TPSA) is 114 Å². The number of carbonyl (C=O) groups is 2. The minimum Gasteiger partial charge on any atom is -0.550 e. The molecule has 3 rings (SSSR count). The van der Waals surface area contributed by atoms with Crippen molar-refractivity contribution in [1.82, 2.24) is 15.8 Å². The van der Waals surface area contributed by atoms with Gasteiger partial charge >= 0.3 is 0 Å². The van der Waals surface area contributed by atoms with E-state index in [0.29, 0.717) is 21.5 Å². The zero-order valence-corrected chi connectivity index (χ0v) is 16.0. The lowest BCUT2D eigenvalue weighted by atomic mass is 9.95. The van der Waals surface area contributed by atoms with Crippen molar-refractivity contribution in [3.63, 3.8) is 0 Å². The predicted molar refractivity (Wildman–Crippen MR) is 110 cm³/mol. The molecular weight excluding hydrogens is 394 g/mol. The van der Waals surface area contributed by atoms with Gasteiger partial charge in [0.05, 0.1) is 11.3 Å². The standard InChI is InChI=1S/C21H18ClN3O4/c1-12(24-25-17(26)9-10-18(27)28)19-20(13-5-3-2-4-6-13)15-11-14(22)7-8-16(15)23-21(19)29/h2-8,11,24H,1,9-10H2,(H,23,29)(H,25,26)(H,27,28)/p-1. The van der Waals surface area contributed by atoms with Gasteiger partial charge in [0.1, 0.15) is 0 Å². The van der Waals surface area contributed by atoms with Crippen LogP contribution in [0.15, 0.2) is 59.9 Å². The van der Waals surface area contributed by atoms with Gasteiger partial charge in [0.25, 0.3) is 5.56 Å². The van der Waals surface area contributed by atoms with Crippen molar-refractivity contribution in [2.75, 3.05) is 0 Å². The summed E-state index contributed by atoms with van der Waals surface area (Å²) in [6.45, 7) is 3.86. The molecule has 0 aliphatic rings. The number of aliphatic carboxylic acids is 1. The second-order valence-electron chi connectivity index (χ2n) is 6.28. The van der Waals surface area contributed by atoms with Crippen LogP contribution in [0, 0.1) is 0 Å². The van der Waals surface area contributed by atoms with Gasteiger partial charge in [-0.25, -0.2) is 0 Å². The van der Waals surface area contributed by atoms with E-state index in [-0.39, 0.29) is 17.7 Å². The van der Waals surface area contributed by atoms with Crippen LogP contribution in [-0.4, -0.2) is 16.9 Å². The second kappa shape index (κ2) is 8.62. The van der Waals surface area contributed by atoms with E-state index in [1.54, 1.807) is 18.2 Å². The number of carboxylic acid groups (broad SMARTS) is 1. The van der Waals surface area contributed by atoms with Gasteiger partial charge in [-0.1, -0.05) is 48.5 Å². The molecule has 148 valence electrons. The molecule has 0 unspecified atom stereocenters. The van der Waals surface area contributed by atoms with Crippen molar-refractivity contribution in [1.29, 1.82) is 0 Å². The number of H-pyrrole nitrogens is 1. The molecule has 29 heavy (non-hydrogen) atoms. The number of amides is 1. The Labute approximate surface area is 171 Å². The number of pyridine rings is 1. The third-order valence-corrected chi connectivity index (χ3v) is 4.48. The minimum absolute atomic E-state index is 0.147. The van der Waals surface area contributed by atoms with E-state index < -0.39 is 23.9 Å². The van der Waals surface area contributed by atoms with Crippen molar-refractivity contribution in [2.45, 2.75) is 12.8 Å². The fourth-order valence-electron chi connectivity index (χ4n) is 2.94. The van der Waals surface area contributed by atoms with Gasteiger partial charge in [-0.15, -0.1) is 0 Å². The van der Waals surface area contributed by atoms with Crippen molar-refractivity contribution >= 4 is 40.1 Å². The van der Waals surface area contributed by atoms with Gasteiger partial charge in [-0.2, -0.15) is 0 Å². The number of aromatic nitrogens is 1. The Hall–Kier alpha value is -3.58. The van der Waals surface area contributed by atoms with Crippen LogP contribution in [0.5, 0.6) is 0 Å². The van der Waals surface area contributed by atoms with E-state index in [0.717, 1.165) is 5.56 Å². The van der Waals surface area contributed by atoms with Crippen molar-refractivity contribution < 1.29 is 14.7 Å². The van der Waals surface area contributed by atoms with Crippen LogP contribution < -0.4 is 21.5 Å². The van der Waals surface area contributed by atoms with Crippen LogP contribution in [0.4, 0.5) is 0 Å². The largest absolute Gasteiger partial charge is 0.550 e. The van der Waals surface area contributed by atoms with Gasteiger partial charge in [-0.3, -0.25) is 20.4 Å². The summed E-state index contributed by atoms with van der Waals surface area (Å²) in [6, 6.07) is 14.4. The first-order valence-electron chi connectivity index (χ1n) is 8.71. The molecule has 0 radical (unpaired) electrons. The molecule has 8 heteroatoms. The SMILES string of the molecule is C=C(NNC(=O)CCC(=O)[O-])c1c(-c2ccccc2)c2cc(Cl)ccc2[nH]c1=O. The maximum atomic E-state index is 12.8. The van der Waals surface area contributed by atoms with Crippen LogP contribution >= 0.6 is 11.6 Å². The molecule has 0 aliphatic heterocycles.